The van der Waals surface area contributed by atoms with E-state index in [0.717, 1.165) is 45.9 Å². The quantitative estimate of drug-likeness (QED) is 0.767. The molecular formula is C17H29N3O2. The molecule has 1 saturated heterocycles. The number of anilines is 1. The lowest BCUT2D eigenvalue weighted by Gasteiger charge is -2.30. The molecule has 124 valence electrons. The lowest BCUT2D eigenvalue weighted by molar-refractivity contribution is 0.00888. The number of benzene rings is 1. The Morgan fingerprint density at radius 3 is 2.50 bits per heavy atom. The van der Waals surface area contributed by atoms with Crippen LogP contribution in [0.1, 0.15) is 0 Å². The van der Waals surface area contributed by atoms with E-state index in [2.05, 4.69) is 53.1 Å². The minimum Gasteiger partial charge on any atom is -0.390 e. The van der Waals surface area contributed by atoms with Crippen molar-refractivity contribution in [2.45, 2.75) is 6.10 Å². The summed E-state index contributed by atoms with van der Waals surface area (Å²) in [6.07, 6.45) is -0.301. The van der Waals surface area contributed by atoms with Gasteiger partial charge in [-0.1, -0.05) is 18.2 Å². The molecule has 22 heavy (non-hydrogen) atoms. The van der Waals surface area contributed by atoms with Crippen LogP contribution in [-0.2, 0) is 4.74 Å². The molecule has 1 aromatic rings. The molecule has 5 nitrogen and oxygen atoms in total. The molecule has 5 heteroatoms. The maximum atomic E-state index is 10.2. The van der Waals surface area contributed by atoms with Gasteiger partial charge in [-0.2, -0.15) is 0 Å². The highest BCUT2D eigenvalue weighted by molar-refractivity contribution is 5.44. The fourth-order valence-electron chi connectivity index (χ4n) is 2.72. The fourth-order valence-corrected chi connectivity index (χ4v) is 2.72. The van der Waals surface area contributed by atoms with E-state index in [1.54, 1.807) is 0 Å². The van der Waals surface area contributed by atoms with E-state index in [4.69, 9.17) is 4.74 Å². The van der Waals surface area contributed by atoms with Gasteiger partial charge in [0, 0.05) is 52.0 Å². The van der Waals surface area contributed by atoms with Crippen LogP contribution in [0.5, 0.6) is 0 Å². The standard InChI is InChI=1S/C17H29N3O2/c1-18(8-9-19(2)16-6-4-3-5-7-16)14-17(21)15-20-10-12-22-13-11-20/h3-7,17,21H,8-15H2,1-2H3. The van der Waals surface area contributed by atoms with Crippen molar-refractivity contribution in [1.82, 2.24) is 9.80 Å². The van der Waals surface area contributed by atoms with Crippen LogP contribution in [0.25, 0.3) is 0 Å². The number of β-amino-alcohol motifs (C(OH)–C–C–N with tert-alkyl or cyclic N) is 1. The molecule has 1 N–H and O–H groups in total. The van der Waals surface area contributed by atoms with Crippen LogP contribution >= 0.6 is 0 Å². The van der Waals surface area contributed by atoms with Crippen molar-refractivity contribution in [2.75, 3.05) is 71.5 Å². The number of nitrogens with zero attached hydrogens (tertiary/aromatic N) is 3. The Morgan fingerprint density at radius 2 is 1.82 bits per heavy atom. The average Bonchev–Trinajstić information content (AvgIpc) is 2.54. The molecule has 1 fully saturated rings. The Hall–Kier alpha value is -1.14. The Labute approximate surface area is 134 Å². The molecule has 0 radical (unpaired) electrons. The van der Waals surface area contributed by atoms with E-state index in [1.807, 2.05) is 6.07 Å². The summed E-state index contributed by atoms with van der Waals surface area (Å²) in [5.41, 5.74) is 1.23. The fraction of sp³-hybridized carbons (Fsp3) is 0.647. The summed E-state index contributed by atoms with van der Waals surface area (Å²) in [7, 11) is 4.18. The molecular weight excluding hydrogens is 278 g/mol. The molecule has 0 saturated carbocycles. The first-order valence-electron chi connectivity index (χ1n) is 8.08. The van der Waals surface area contributed by atoms with Crippen molar-refractivity contribution >= 4 is 5.69 Å². The second-order valence-electron chi connectivity index (χ2n) is 6.09. The zero-order valence-corrected chi connectivity index (χ0v) is 13.8. The van der Waals surface area contributed by atoms with Gasteiger partial charge < -0.3 is 19.6 Å². The predicted octanol–water partition coefficient (Wildman–Crippen LogP) is 0.748. The lowest BCUT2D eigenvalue weighted by Crippen LogP contribution is -2.44. The van der Waals surface area contributed by atoms with Gasteiger partial charge in [-0.15, -0.1) is 0 Å². The number of likely N-dealkylation sites (N-methyl/N-ethyl adjacent to an activating group) is 2. The number of morpholine rings is 1. The molecule has 0 aliphatic carbocycles. The number of ether oxygens (including phenoxy) is 1. The molecule has 0 bridgehead atoms. The molecule has 0 spiro atoms. The van der Waals surface area contributed by atoms with Crippen LogP contribution in [0.4, 0.5) is 5.69 Å². The minimum atomic E-state index is -0.301. The van der Waals surface area contributed by atoms with Crippen molar-refractivity contribution in [3.05, 3.63) is 30.3 Å². The highest BCUT2D eigenvalue weighted by atomic mass is 16.5. The van der Waals surface area contributed by atoms with E-state index in [1.165, 1.54) is 5.69 Å². The van der Waals surface area contributed by atoms with Gasteiger partial charge in [0.05, 0.1) is 19.3 Å². The Bertz CT molecular complexity index is 410. The van der Waals surface area contributed by atoms with Crippen LogP contribution < -0.4 is 4.90 Å². The maximum absolute atomic E-state index is 10.2. The summed E-state index contributed by atoms with van der Waals surface area (Å²) in [6.45, 7) is 6.75. The van der Waals surface area contributed by atoms with Gasteiger partial charge in [0.25, 0.3) is 0 Å². The normalized spacial score (nSPS) is 17.6. The Kier molecular flexibility index (Phi) is 7.12. The van der Waals surface area contributed by atoms with Crippen molar-refractivity contribution < 1.29 is 9.84 Å². The van der Waals surface area contributed by atoms with Gasteiger partial charge in [-0.3, -0.25) is 4.90 Å². The highest BCUT2D eigenvalue weighted by Crippen LogP contribution is 2.10. The highest BCUT2D eigenvalue weighted by Gasteiger charge is 2.16. The summed E-state index contributed by atoms with van der Waals surface area (Å²) in [5, 5.41) is 10.2. The topological polar surface area (TPSA) is 39.2 Å². The third-order valence-electron chi connectivity index (χ3n) is 4.11. The Balaban J connectivity index is 1.65. The molecule has 1 aliphatic rings. The molecule has 1 unspecified atom stereocenters. The van der Waals surface area contributed by atoms with E-state index in [9.17, 15) is 5.11 Å². The van der Waals surface area contributed by atoms with Crippen LogP contribution in [0.15, 0.2) is 30.3 Å². The van der Waals surface area contributed by atoms with Gasteiger partial charge in [-0.25, -0.2) is 0 Å². The van der Waals surface area contributed by atoms with Gasteiger partial charge in [0.2, 0.25) is 0 Å². The smallest absolute Gasteiger partial charge is 0.0793 e. The summed E-state index contributed by atoms with van der Waals surface area (Å²) < 4.78 is 5.33. The molecule has 2 rings (SSSR count). The monoisotopic (exact) mass is 307 g/mol. The maximum Gasteiger partial charge on any atom is 0.0793 e. The van der Waals surface area contributed by atoms with E-state index in [-0.39, 0.29) is 6.10 Å². The summed E-state index contributed by atoms with van der Waals surface area (Å²) in [4.78, 5) is 6.72. The first-order valence-corrected chi connectivity index (χ1v) is 8.08. The second-order valence-corrected chi connectivity index (χ2v) is 6.09. The van der Waals surface area contributed by atoms with E-state index < -0.39 is 0 Å². The number of hydrogen-bond acceptors (Lipinski definition) is 5. The third-order valence-corrected chi connectivity index (χ3v) is 4.11. The number of hydrogen-bond donors (Lipinski definition) is 1. The van der Waals surface area contributed by atoms with Crippen LogP contribution in [0.3, 0.4) is 0 Å². The van der Waals surface area contributed by atoms with Crippen LogP contribution in [-0.4, -0.2) is 87.6 Å². The van der Waals surface area contributed by atoms with Gasteiger partial charge >= 0.3 is 0 Å². The molecule has 1 aromatic carbocycles. The first-order chi connectivity index (χ1) is 10.6. The van der Waals surface area contributed by atoms with Crippen molar-refractivity contribution in [2.24, 2.45) is 0 Å². The number of para-hydroxylation sites is 1. The van der Waals surface area contributed by atoms with Crippen LogP contribution in [0.2, 0.25) is 0 Å². The number of aliphatic hydroxyl groups excluding tert-OH is 1. The molecule has 1 aliphatic heterocycles. The minimum absolute atomic E-state index is 0.301. The molecule has 1 heterocycles. The molecule has 1 atom stereocenters. The average molecular weight is 307 g/mol. The second kappa shape index (κ2) is 9.10. The SMILES string of the molecule is CN(CCN(C)c1ccccc1)CC(O)CN1CCOCC1. The van der Waals surface area contributed by atoms with Gasteiger partial charge in [-0.05, 0) is 19.2 Å². The lowest BCUT2D eigenvalue weighted by atomic mass is 10.2. The summed E-state index contributed by atoms with van der Waals surface area (Å²) in [5.74, 6) is 0. The van der Waals surface area contributed by atoms with Gasteiger partial charge in [0.15, 0.2) is 0 Å². The van der Waals surface area contributed by atoms with Crippen LogP contribution in [0, 0.1) is 0 Å². The largest absolute Gasteiger partial charge is 0.390 e. The third kappa shape index (κ3) is 5.93. The Morgan fingerprint density at radius 1 is 1.14 bits per heavy atom. The van der Waals surface area contributed by atoms with Gasteiger partial charge in [0.1, 0.15) is 0 Å². The molecule has 0 amide bonds. The van der Waals surface area contributed by atoms with E-state index in [0.29, 0.717) is 6.54 Å². The number of aliphatic hydroxyl groups is 1. The van der Waals surface area contributed by atoms with E-state index >= 15 is 0 Å². The zero-order chi connectivity index (χ0) is 15.8. The zero-order valence-electron chi connectivity index (χ0n) is 13.8. The summed E-state index contributed by atoms with van der Waals surface area (Å²) in [6, 6.07) is 10.4. The number of rotatable bonds is 8. The predicted molar refractivity (Wildman–Crippen MR) is 90.5 cm³/mol. The van der Waals surface area contributed by atoms with Crippen molar-refractivity contribution in [3.63, 3.8) is 0 Å². The summed E-state index contributed by atoms with van der Waals surface area (Å²) >= 11 is 0. The van der Waals surface area contributed by atoms with Crippen molar-refractivity contribution in [3.8, 4) is 0 Å². The van der Waals surface area contributed by atoms with Crippen molar-refractivity contribution in [1.29, 1.82) is 0 Å². The first kappa shape index (κ1) is 17.2. The molecule has 0 aromatic heterocycles.